The van der Waals surface area contributed by atoms with Crippen LogP contribution in [0.5, 0.6) is 0 Å². The van der Waals surface area contributed by atoms with Crippen molar-refractivity contribution in [2.75, 3.05) is 4.72 Å². The number of rotatable bonds is 6. The van der Waals surface area contributed by atoms with Crippen LogP contribution in [0.4, 0.5) is 11.4 Å². The molecule has 24 heavy (non-hydrogen) atoms. The van der Waals surface area contributed by atoms with Crippen molar-refractivity contribution >= 4 is 21.4 Å². The lowest BCUT2D eigenvalue weighted by molar-refractivity contribution is -0.384. The highest BCUT2D eigenvalue weighted by Gasteiger charge is 2.17. The van der Waals surface area contributed by atoms with E-state index in [4.69, 9.17) is 0 Å². The molecule has 0 aliphatic heterocycles. The Bertz CT molecular complexity index is 843. The van der Waals surface area contributed by atoms with Gasteiger partial charge >= 0.3 is 0 Å². The number of nitro groups is 1. The first-order chi connectivity index (χ1) is 11.2. The zero-order valence-electron chi connectivity index (χ0n) is 13.8. The maximum absolute atomic E-state index is 12.5. The maximum atomic E-state index is 12.5. The number of nitro benzene ring substituents is 1. The summed E-state index contributed by atoms with van der Waals surface area (Å²) in [5, 5.41) is 10.7. The standard InChI is InChI=1S/C17H20N2O4S/c1-12(2)10-14-4-7-16(8-5-14)24(22,23)18-17-9-6-15(19(20)21)11-13(17)3/h4-9,11-12,18H,10H2,1-3H3. The Morgan fingerprint density at radius 1 is 1.12 bits per heavy atom. The average Bonchev–Trinajstić information content (AvgIpc) is 2.49. The van der Waals surface area contributed by atoms with Crippen molar-refractivity contribution in [2.24, 2.45) is 5.92 Å². The van der Waals surface area contributed by atoms with Gasteiger partial charge in [0.2, 0.25) is 0 Å². The highest BCUT2D eigenvalue weighted by molar-refractivity contribution is 7.92. The highest BCUT2D eigenvalue weighted by Crippen LogP contribution is 2.24. The van der Waals surface area contributed by atoms with Gasteiger partial charge in [0.05, 0.1) is 15.5 Å². The molecule has 6 nitrogen and oxygen atoms in total. The van der Waals surface area contributed by atoms with E-state index in [2.05, 4.69) is 18.6 Å². The van der Waals surface area contributed by atoms with Crippen molar-refractivity contribution in [2.45, 2.75) is 32.1 Å². The zero-order valence-corrected chi connectivity index (χ0v) is 14.6. The first kappa shape index (κ1) is 17.9. The molecule has 2 aromatic rings. The second-order valence-electron chi connectivity index (χ2n) is 6.10. The second kappa shape index (κ2) is 7.00. The number of non-ortho nitro benzene ring substituents is 1. The van der Waals surface area contributed by atoms with Crippen LogP contribution < -0.4 is 4.72 Å². The van der Waals surface area contributed by atoms with Gasteiger partial charge in [0.1, 0.15) is 0 Å². The molecule has 0 heterocycles. The van der Waals surface area contributed by atoms with E-state index in [1.54, 1.807) is 31.2 Å². The normalized spacial score (nSPS) is 11.5. The van der Waals surface area contributed by atoms with Gasteiger partial charge in [-0.05, 0) is 48.6 Å². The third-order valence-electron chi connectivity index (χ3n) is 3.54. The first-order valence-electron chi connectivity index (χ1n) is 7.56. The molecule has 0 bridgehead atoms. The topological polar surface area (TPSA) is 89.3 Å². The Kier molecular flexibility index (Phi) is 5.23. The van der Waals surface area contributed by atoms with E-state index in [1.807, 2.05) is 0 Å². The van der Waals surface area contributed by atoms with Gasteiger partial charge in [0.25, 0.3) is 15.7 Å². The van der Waals surface area contributed by atoms with Crippen LogP contribution in [0.15, 0.2) is 47.4 Å². The summed E-state index contributed by atoms with van der Waals surface area (Å²) >= 11 is 0. The fourth-order valence-corrected chi connectivity index (χ4v) is 3.49. The molecule has 0 saturated heterocycles. The summed E-state index contributed by atoms with van der Waals surface area (Å²) in [5.74, 6) is 0.494. The van der Waals surface area contributed by atoms with Crippen LogP contribution in [0.2, 0.25) is 0 Å². The molecule has 0 spiro atoms. The largest absolute Gasteiger partial charge is 0.279 e. The first-order valence-corrected chi connectivity index (χ1v) is 9.04. The SMILES string of the molecule is Cc1cc([N+](=O)[O-])ccc1NS(=O)(=O)c1ccc(CC(C)C)cc1. The van der Waals surface area contributed by atoms with Gasteiger partial charge in [0.15, 0.2) is 0 Å². The van der Waals surface area contributed by atoms with Crippen LogP contribution in [-0.4, -0.2) is 13.3 Å². The lowest BCUT2D eigenvalue weighted by atomic mass is 10.0. The molecule has 128 valence electrons. The van der Waals surface area contributed by atoms with E-state index < -0.39 is 14.9 Å². The molecule has 2 aromatic carbocycles. The van der Waals surface area contributed by atoms with Gasteiger partial charge in [-0.1, -0.05) is 26.0 Å². The number of hydrogen-bond acceptors (Lipinski definition) is 4. The number of hydrogen-bond donors (Lipinski definition) is 1. The van der Waals surface area contributed by atoms with Gasteiger partial charge < -0.3 is 0 Å². The molecule has 0 aliphatic rings. The number of nitrogens with zero attached hydrogens (tertiary/aromatic N) is 1. The van der Waals surface area contributed by atoms with Gasteiger partial charge in [-0.2, -0.15) is 0 Å². The summed E-state index contributed by atoms with van der Waals surface area (Å²) in [7, 11) is -3.73. The fourth-order valence-electron chi connectivity index (χ4n) is 2.36. The summed E-state index contributed by atoms with van der Waals surface area (Å²) in [5.41, 5.74) is 1.82. The summed E-state index contributed by atoms with van der Waals surface area (Å²) < 4.78 is 27.4. The quantitative estimate of drug-likeness (QED) is 0.633. The van der Waals surface area contributed by atoms with Crippen molar-refractivity contribution < 1.29 is 13.3 Å². The molecule has 2 rings (SSSR count). The van der Waals surface area contributed by atoms with E-state index in [0.717, 1.165) is 12.0 Å². The van der Waals surface area contributed by atoms with Gasteiger partial charge in [-0.3, -0.25) is 14.8 Å². The fraction of sp³-hybridized carbons (Fsp3) is 0.294. The molecule has 0 radical (unpaired) electrons. The van der Waals surface area contributed by atoms with Crippen LogP contribution >= 0.6 is 0 Å². The van der Waals surface area contributed by atoms with E-state index in [9.17, 15) is 18.5 Å². The second-order valence-corrected chi connectivity index (χ2v) is 7.79. The minimum atomic E-state index is -3.73. The third-order valence-corrected chi connectivity index (χ3v) is 4.92. The predicted octanol–water partition coefficient (Wildman–Crippen LogP) is 3.90. The summed E-state index contributed by atoms with van der Waals surface area (Å²) in [6, 6.07) is 10.8. The minimum absolute atomic E-state index is 0.0755. The zero-order chi connectivity index (χ0) is 17.9. The third kappa shape index (κ3) is 4.32. The molecule has 0 amide bonds. The number of sulfonamides is 1. The molecule has 0 unspecified atom stereocenters. The Hall–Kier alpha value is -2.41. The molecular weight excluding hydrogens is 328 g/mol. The van der Waals surface area contributed by atoms with Crippen molar-refractivity contribution in [3.63, 3.8) is 0 Å². The van der Waals surface area contributed by atoms with Crippen LogP contribution in [-0.2, 0) is 16.4 Å². The van der Waals surface area contributed by atoms with E-state index in [1.165, 1.54) is 18.2 Å². The van der Waals surface area contributed by atoms with Crippen LogP contribution in [0.25, 0.3) is 0 Å². The Labute approximate surface area is 141 Å². The highest BCUT2D eigenvalue weighted by atomic mass is 32.2. The van der Waals surface area contributed by atoms with Crippen LogP contribution in [0.1, 0.15) is 25.0 Å². The summed E-state index contributed by atoms with van der Waals surface area (Å²) in [4.78, 5) is 10.4. The van der Waals surface area contributed by atoms with Crippen molar-refractivity contribution in [3.8, 4) is 0 Å². The van der Waals surface area contributed by atoms with Crippen molar-refractivity contribution in [3.05, 3.63) is 63.7 Å². The molecule has 0 fully saturated rings. The molecule has 0 atom stereocenters. The van der Waals surface area contributed by atoms with E-state index >= 15 is 0 Å². The smallest absolute Gasteiger partial charge is 0.269 e. The van der Waals surface area contributed by atoms with Gasteiger partial charge in [-0.25, -0.2) is 8.42 Å². The van der Waals surface area contributed by atoms with Gasteiger partial charge in [0, 0.05) is 12.1 Å². The minimum Gasteiger partial charge on any atom is -0.279 e. The molecule has 0 saturated carbocycles. The molecule has 1 N–H and O–H groups in total. The lowest BCUT2D eigenvalue weighted by Crippen LogP contribution is -2.14. The predicted molar refractivity (Wildman–Crippen MR) is 93.6 cm³/mol. The lowest BCUT2D eigenvalue weighted by Gasteiger charge is -2.11. The number of benzene rings is 2. The Morgan fingerprint density at radius 2 is 1.75 bits per heavy atom. The molecule has 0 aliphatic carbocycles. The molecule has 0 aromatic heterocycles. The number of anilines is 1. The number of nitrogens with one attached hydrogen (secondary N) is 1. The van der Waals surface area contributed by atoms with Crippen molar-refractivity contribution in [1.82, 2.24) is 0 Å². The Morgan fingerprint density at radius 3 is 2.25 bits per heavy atom. The van der Waals surface area contributed by atoms with Crippen LogP contribution in [0.3, 0.4) is 0 Å². The summed E-state index contributed by atoms with van der Waals surface area (Å²) in [6.45, 7) is 5.82. The molecular formula is C17H20N2O4S. The maximum Gasteiger partial charge on any atom is 0.269 e. The van der Waals surface area contributed by atoms with Crippen LogP contribution in [0, 0.1) is 23.0 Å². The average molecular weight is 348 g/mol. The van der Waals surface area contributed by atoms with Gasteiger partial charge in [-0.15, -0.1) is 0 Å². The Balaban J connectivity index is 2.23. The van der Waals surface area contributed by atoms with E-state index in [0.29, 0.717) is 17.2 Å². The molecule has 7 heteroatoms. The van der Waals surface area contributed by atoms with Crippen molar-refractivity contribution in [1.29, 1.82) is 0 Å². The summed E-state index contributed by atoms with van der Waals surface area (Å²) in [6.07, 6.45) is 0.884. The monoisotopic (exact) mass is 348 g/mol. The number of aryl methyl sites for hydroxylation is 1. The van der Waals surface area contributed by atoms with E-state index in [-0.39, 0.29) is 10.6 Å².